The van der Waals surface area contributed by atoms with Gasteiger partial charge in [0.15, 0.2) is 0 Å². The Morgan fingerprint density at radius 3 is 2.53 bits per heavy atom. The number of hydrogen-bond donors (Lipinski definition) is 2. The van der Waals surface area contributed by atoms with Crippen LogP contribution in [0.2, 0.25) is 5.02 Å². The maximum Gasteiger partial charge on any atom is 0.255 e. The van der Waals surface area contributed by atoms with Gasteiger partial charge in [-0.25, -0.2) is 0 Å². The Hall–Kier alpha value is -1.04. The van der Waals surface area contributed by atoms with Crippen LogP contribution in [0.15, 0.2) is 45.3 Å². The van der Waals surface area contributed by atoms with Crippen LogP contribution in [-0.4, -0.2) is 5.91 Å². The van der Waals surface area contributed by atoms with E-state index < -0.39 is 0 Å². The lowest BCUT2D eigenvalue weighted by molar-refractivity contribution is 0.102. The molecule has 0 spiro atoms. The number of nitrogen functional groups attached to an aromatic ring is 1. The Balaban J connectivity index is 2.22. The average molecular weight is 404 g/mol. The summed E-state index contributed by atoms with van der Waals surface area (Å²) >= 11 is 12.5. The predicted octanol–water partition coefficient (Wildman–Crippen LogP) is 4.70. The molecule has 0 unspecified atom stereocenters. The lowest BCUT2D eigenvalue weighted by atomic mass is 10.2. The number of benzene rings is 2. The molecular weight excluding hydrogens is 395 g/mol. The summed E-state index contributed by atoms with van der Waals surface area (Å²) in [5, 5.41) is 3.27. The van der Waals surface area contributed by atoms with Crippen molar-refractivity contribution in [3.05, 3.63) is 55.9 Å². The van der Waals surface area contributed by atoms with E-state index in [0.29, 0.717) is 22.0 Å². The van der Waals surface area contributed by atoms with Gasteiger partial charge in [0.2, 0.25) is 0 Å². The smallest absolute Gasteiger partial charge is 0.255 e. The van der Waals surface area contributed by atoms with Crippen molar-refractivity contribution in [2.45, 2.75) is 0 Å². The fraction of sp³-hybridized carbons (Fsp3) is 0. The highest BCUT2D eigenvalue weighted by Gasteiger charge is 2.09. The molecule has 0 saturated carbocycles. The topological polar surface area (TPSA) is 55.1 Å². The third kappa shape index (κ3) is 3.72. The van der Waals surface area contributed by atoms with Gasteiger partial charge in [0, 0.05) is 30.9 Å². The second kappa shape index (κ2) is 5.94. The molecule has 0 aliphatic heterocycles. The van der Waals surface area contributed by atoms with Crippen LogP contribution < -0.4 is 11.1 Å². The van der Waals surface area contributed by atoms with Crippen LogP contribution in [0.1, 0.15) is 10.4 Å². The maximum atomic E-state index is 12.1. The van der Waals surface area contributed by atoms with Crippen LogP contribution in [0, 0.1) is 0 Å². The normalized spacial score (nSPS) is 10.3. The number of nitrogens with two attached hydrogens (primary N) is 1. The highest BCUT2D eigenvalue weighted by molar-refractivity contribution is 9.10. The number of anilines is 2. The minimum Gasteiger partial charge on any atom is -0.398 e. The molecule has 0 radical (unpaired) electrons. The lowest BCUT2D eigenvalue weighted by Gasteiger charge is -2.07. The van der Waals surface area contributed by atoms with E-state index >= 15 is 0 Å². The van der Waals surface area contributed by atoms with E-state index in [1.807, 2.05) is 0 Å². The molecule has 0 bridgehead atoms. The van der Waals surface area contributed by atoms with Crippen LogP contribution in [0.25, 0.3) is 0 Å². The van der Waals surface area contributed by atoms with Crippen LogP contribution in [0.4, 0.5) is 11.4 Å². The van der Waals surface area contributed by atoms with Gasteiger partial charge in [0.25, 0.3) is 5.91 Å². The Kier molecular flexibility index (Phi) is 4.50. The van der Waals surface area contributed by atoms with E-state index in [0.717, 1.165) is 8.95 Å². The summed E-state index contributed by atoms with van der Waals surface area (Å²) in [5.74, 6) is -0.236. The van der Waals surface area contributed by atoms with Crippen molar-refractivity contribution < 1.29 is 4.79 Å². The van der Waals surface area contributed by atoms with Gasteiger partial charge in [0.1, 0.15) is 0 Å². The first-order chi connectivity index (χ1) is 8.95. The van der Waals surface area contributed by atoms with E-state index in [1.165, 1.54) is 0 Å². The van der Waals surface area contributed by atoms with Crippen LogP contribution in [0.5, 0.6) is 0 Å². The van der Waals surface area contributed by atoms with E-state index in [4.69, 9.17) is 17.3 Å². The molecule has 0 atom stereocenters. The standard InChI is InChI=1S/C13H9Br2ClN2O/c14-8-3-7(4-9(16)5-8)13(19)18-10-1-2-12(17)11(15)6-10/h1-6H,17H2,(H,18,19). The van der Waals surface area contributed by atoms with Gasteiger partial charge in [-0.2, -0.15) is 0 Å². The molecular formula is C13H9Br2ClN2O. The van der Waals surface area contributed by atoms with Crippen molar-refractivity contribution in [3.8, 4) is 0 Å². The second-order valence-corrected chi connectivity index (χ2v) is 6.05. The van der Waals surface area contributed by atoms with Crippen molar-refractivity contribution in [1.29, 1.82) is 0 Å². The monoisotopic (exact) mass is 402 g/mol. The zero-order valence-electron chi connectivity index (χ0n) is 9.58. The largest absolute Gasteiger partial charge is 0.398 e. The number of hydrogen-bond acceptors (Lipinski definition) is 2. The van der Waals surface area contributed by atoms with Crippen LogP contribution >= 0.6 is 43.5 Å². The summed E-state index contributed by atoms with van der Waals surface area (Å²) in [4.78, 5) is 12.1. The third-order valence-electron chi connectivity index (χ3n) is 2.38. The molecule has 2 aromatic carbocycles. The van der Waals surface area contributed by atoms with E-state index in [9.17, 15) is 4.79 Å². The Labute approximate surface area is 132 Å². The van der Waals surface area contributed by atoms with E-state index in [-0.39, 0.29) is 5.91 Å². The molecule has 0 aliphatic carbocycles. The first-order valence-corrected chi connectivity index (χ1v) is 7.24. The molecule has 3 nitrogen and oxygen atoms in total. The zero-order valence-corrected chi connectivity index (χ0v) is 13.5. The Bertz CT molecular complexity index is 626. The molecule has 0 fully saturated rings. The fourth-order valence-electron chi connectivity index (χ4n) is 1.49. The van der Waals surface area contributed by atoms with E-state index in [2.05, 4.69) is 37.2 Å². The van der Waals surface area contributed by atoms with Gasteiger partial charge in [0.05, 0.1) is 0 Å². The SMILES string of the molecule is Nc1ccc(NC(=O)c2cc(Cl)cc(Br)c2)cc1Br. The molecule has 2 aromatic rings. The van der Waals surface area contributed by atoms with Crippen LogP contribution in [-0.2, 0) is 0 Å². The summed E-state index contributed by atoms with van der Waals surface area (Å²) in [6.45, 7) is 0. The highest BCUT2D eigenvalue weighted by Crippen LogP contribution is 2.24. The fourth-order valence-corrected chi connectivity index (χ4v) is 2.73. The minimum absolute atomic E-state index is 0.236. The predicted molar refractivity (Wildman–Crippen MR) is 85.7 cm³/mol. The quantitative estimate of drug-likeness (QED) is 0.713. The molecule has 0 aromatic heterocycles. The average Bonchev–Trinajstić information content (AvgIpc) is 2.32. The van der Waals surface area contributed by atoms with Gasteiger partial charge < -0.3 is 11.1 Å². The molecule has 6 heteroatoms. The molecule has 2 rings (SSSR count). The van der Waals surface area contributed by atoms with Crippen molar-refractivity contribution in [2.75, 3.05) is 11.1 Å². The summed E-state index contributed by atoms with van der Waals surface area (Å²) < 4.78 is 1.49. The molecule has 19 heavy (non-hydrogen) atoms. The first kappa shape index (κ1) is 14.4. The van der Waals surface area contributed by atoms with Crippen molar-refractivity contribution in [1.82, 2.24) is 0 Å². The Morgan fingerprint density at radius 2 is 1.89 bits per heavy atom. The molecule has 0 saturated heterocycles. The number of amides is 1. The number of nitrogens with one attached hydrogen (secondary N) is 1. The van der Waals surface area contributed by atoms with Gasteiger partial charge in [-0.05, 0) is 52.3 Å². The number of carbonyl (C=O) groups excluding carboxylic acids is 1. The molecule has 1 amide bonds. The summed E-state index contributed by atoms with van der Waals surface area (Å²) in [6.07, 6.45) is 0. The summed E-state index contributed by atoms with van der Waals surface area (Å²) in [6, 6.07) is 10.2. The number of carbonyl (C=O) groups is 1. The van der Waals surface area contributed by atoms with Gasteiger partial charge in [-0.1, -0.05) is 27.5 Å². The molecule has 3 N–H and O–H groups in total. The van der Waals surface area contributed by atoms with E-state index in [1.54, 1.807) is 36.4 Å². The van der Waals surface area contributed by atoms with Crippen molar-refractivity contribution in [3.63, 3.8) is 0 Å². The van der Waals surface area contributed by atoms with Gasteiger partial charge >= 0.3 is 0 Å². The zero-order chi connectivity index (χ0) is 14.0. The number of halogens is 3. The second-order valence-electron chi connectivity index (χ2n) is 3.85. The van der Waals surface area contributed by atoms with Crippen LogP contribution in [0.3, 0.4) is 0 Å². The Morgan fingerprint density at radius 1 is 1.16 bits per heavy atom. The number of rotatable bonds is 2. The molecule has 98 valence electrons. The summed E-state index contributed by atoms with van der Waals surface area (Å²) in [7, 11) is 0. The minimum atomic E-state index is -0.236. The van der Waals surface area contributed by atoms with Gasteiger partial charge in [-0.3, -0.25) is 4.79 Å². The summed E-state index contributed by atoms with van der Waals surface area (Å²) in [5.41, 5.74) is 7.44. The van der Waals surface area contributed by atoms with Gasteiger partial charge in [-0.15, -0.1) is 0 Å². The highest BCUT2D eigenvalue weighted by atomic mass is 79.9. The lowest BCUT2D eigenvalue weighted by Crippen LogP contribution is -2.12. The van der Waals surface area contributed by atoms with Crippen molar-refractivity contribution >= 4 is 60.7 Å². The first-order valence-electron chi connectivity index (χ1n) is 5.28. The van der Waals surface area contributed by atoms with Crippen molar-refractivity contribution in [2.24, 2.45) is 0 Å². The molecule has 0 heterocycles. The molecule has 0 aliphatic rings. The third-order valence-corrected chi connectivity index (χ3v) is 3.75. The maximum absolute atomic E-state index is 12.1.